The maximum absolute atomic E-state index is 11.2. The topological polar surface area (TPSA) is 110 Å². The van der Waals surface area contributed by atoms with Crippen LogP contribution in [0.25, 0.3) is 6.08 Å². The molecule has 7 nitrogen and oxygen atoms in total. The summed E-state index contributed by atoms with van der Waals surface area (Å²) in [4.78, 5) is 32.2. The number of rotatable bonds is 8. The van der Waals surface area contributed by atoms with E-state index in [9.17, 15) is 14.4 Å². The number of halogens is 4. The summed E-state index contributed by atoms with van der Waals surface area (Å²) in [5.41, 5.74) is 1.17. The molecule has 0 saturated carbocycles. The van der Waals surface area contributed by atoms with Crippen molar-refractivity contribution in [1.82, 2.24) is 0 Å². The van der Waals surface area contributed by atoms with Crippen molar-refractivity contribution < 1.29 is 34.1 Å². The SMILES string of the molecule is C.C=Cc1ccccc1.CC(Br)C(=O)OCCOC(=O)C(C)(C)Br.CC(C)(Br)C(=O)Br.OCCO. The van der Waals surface area contributed by atoms with Crippen LogP contribution in [0.5, 0.6) is 0 Å². The van der Waals surface area contributed by atoms with Crippen molar-refractivity contribution in [1.29, 1.82) is 0 Å². The lowest BCUT2D eigenvalue weighted by molar-refractivity contribution is -0.152. The molecule has 1 unspecified atom stereocenters. The van der Waals surface area contributed by atoms with E-state index < -0.39 is 8.65 Å². The highest BCUT2D eigenvalue weighted by atomic mass is 79.9. The smallest absolute Gasteiger partial charge is 0.322 e. The number of esters is 2. The molecule has 35 heavy (non-hydrogen) atoms. The number of hydrogen-bond donors (Lipinski definition) is 2. The van der Waals surface area contributed by atoms with Crippen LogP contribution in [0.1, 0.15) is 47.6 Å². The van der Waals surface area contributed by atoms with Crippen LogP contribution in [0, 0.1) is 0 Å². The Morgan fingerprint density at radius 3 is 1.63 bits per heavy atom. The van der Waals surface area contributed by atoms with Crippen LogP contribution in [0.3, 0.4) is 0 Å². The zero-order valence-corrected chi connectivity index (χ0v) is 26.4. The maximum atomic E-state index is 11.2. The number of carbonyl (C=O) groups excluding carboxylic acids is 3. The lowest BCUT2D eigenvalue weighted by Gasteiger charge is -2.14. The standard InChI is InChI=1S/C9H14Br2O4.C8H8.C4H6Br2O.C2H6O2.CH4/c1-6(10)7(12)14-4-5-15-8(13)9(2,3)11;1-2-8-6-4-3-5-7-8;1-4(2,6)3(5)7;3-1-2-4;/h6H,4-5H2,1-3H3;2-7H,1H2;1-2H3;3-4H,1-2H2;1H4. The Hall–Kier alpha value is -0.590. The number of aliphatic hydroxyl groups excluding tert-OH is 2. The minimum Gasteiger partial charge on any atom is -0.461 e. The van der Waals surface area contributed by atoms with Gasteiger partial charge in [0.25, 0.3) is 0 Å². The molecule has 0 bridgehead atoms. The number of aliphatic hydroxyl groups is 2. The Kier molecular flexibility index (Phi) is 28.2. The highest BCUT2D eigenvalue weighted by Crippen LogP contribution is 2.19. The molecule has 0 aliphatic carbocycles. The summed E-state index contributed by atoms with van der Waals surface area (Å²) >= 11 is 12.2. The van der Waals surface area contributed by atoms with E-state index in [0.717, 1.165) is 0 Å². The van der Waals surface area contributed by atoms with Crippen molar-refractivity contribution in [3.63, 3.8) is 0 Å². The van der Waals surface area contributed by atoms with Gasteiger partial charge in [0, 0.05) is 0 Å². The van der Waals surface area contributed by atoms with Gasteiger partial charge in [-0.05, 0) is 56.1 Å². The predicted molar refractivity (Wildman–Crippen MR) is 158 cm³/mol. The molecular formula is C24H38Br4O7. The van der Waals surface area contributed by atoms with E-state index in [4.69, 9.17) is 19.7 Å². The summed E-state index contributed by atoms with van der Waals surface area (Å²) in [7, 11) is 0. The third-order valence-electron chi connectivity index (χ3n) is 2.97. The van der Waals surface area contributed by atoms with Crippen molar-refractivity contribution in [3.05, 3.63) is 42.5 Å². The molecule has 1 rings (SSSR count). The molecule has 2 N–H and O–H groups in total. The molecule has 0 aromatic heterocycles. The largest absolute Gasteiger partial charge is 0.461 e. The zero-order valence-electron chi connectivity index (χ0n) is 20.0. The number of hydrogen-bond acceptors (Lipinski definition) is 7. The zero-order chi connectivity index (χ0) is 27.4. The van der Waals surface area contributed by atoms with Crippen LogP contribution in [-0.2, 0) is 23.9 Å². The van der Waals surface area contributed by atoms with Crippen molar-refractivity contribution in [3.8, 4) is 0 Å². The molecule has 0 fully saturated rings. The summed E-state index contributed by atoms with van der Waals surface area (Å²) in [5, 5.41) is 15.2. The molecule has 0 spiro atoms. The summed E-state index contributed by atoms with van der Waals surface area (Å²) < 4.78 is 8.50. The van der Waals surface area contributed by atoms with E-state index in [1.54, 1.807) is 34.6 Å². The van der Waals surface area contributed by atoms with Crippen molar-refractivity contribution in [2.45, 2.75) is 55.5 Å². The highest BCUT2D eigenvalue weighted by molar-refractivity contribution is 9.20. The Morgan fingerprint density at radius 2 is 1.37 bits per heavy atom. The normalized spacial score (nSPS) is 10.7. The van der Waals surface area contributed by atoms with Crippen molar-refractivity contribution in [2.24, 2.45) is 0 Å². The molecule has 0 amide bonds. The number of ether oxygens (including phenoxy) is 2. The molecule has 0 heterocycles. The molecule has 0 radical (unpaired) electrons. The fourth-order valence-corrected chi connectivity index (χ4v) is 1.40. The van der Waals surface area contributed by atoms with Gasteiger partial charge in [-0.2, -0.15) is 0 Å². The van der Waals surface area contributed by atoms with Gasteiger partial charge in [0.05, 0.1) is 17.5 Å². The van der Waals surface area contributed by atoms with Crippen LogP contribution in [0.4, 0.5) is 0 Å². The van der Waals surface area contributed by atoms with E-state index in [0.29, 0.717) is 0 Å². The van der Waals surface area contributed by atoms with Gasteiger partial charge in [-0.15, -0.1) is 0 Å². The Bertz CT molecular complexity index is 696. The molecule has 1 aromatic carbocycles. The third kappa shape index (κ3) is 29.5. The van der Waals surface area contributed by atoms with E-state index in [1.807, 2.05) is 36.4 Å². The molecule has 0 aliphatic rings. The summed E-state index contributed by atoms with van der Waals surface area (Å²) in [6, 6.07) is 10.0. The summed E-state index contributed by atoms with van der Waals surface area (Å²) in [5.74, 6) is -0.755. The van der Waals surface area contributed by atoms with Crippen LogP contribution in [0.2, 0.25) is 0 Å². The Labute approximate surface area is 243 Å². The van der Waals surface area contributed by atoms with E-state index in [1.165, 1.54) is 5.56 Å². The fraction of sp³-hybridized carbons (Fsp3) is 0.542. The van der Waals surface area contributed by atoms with Crippen LogP contribution in [0.15, 0.2) is 36.9 Å². The molecule has 1 atom stereocenters. The van der Waals surface area contributed by atoms with Crippen LogP contribution < -0.4 is 0 Å². The third-order valence-corrected chi connectivity index (χ3v) is 5.55. The lowest BCUT2D eigenvalue weighted by atomic mass is 10.2. The summed E-state index contributed by atoms with van der Waals surface area (Å²) in [6.45, 7) is 12.1. The van der Waals surface area contributed by atoms with Gasteiger partial charge in [-0.25, -0.2) is 0 Å². The minimum absolute atomic E-state index is 0. The number of carbonyl (C=O) groups is 3. The lowest BCUT2D eigenvalue weighted by Crippen LogP contribution is -2.28. The molecule has 1 aromatic rings. The minimum atomic E-state index is -0.709. The molecule has 0 aliphatic heterocycles. The molecule has 0 saturated heterocycles. The maximum Gasteiger partial charge on any atom is 0.322 e. The van der Waals surface area contributed by atoms with Gasteiger partial charge >= 0.3 is 11.9 Å². The first kappa shape index (κ1) is 41.5. The van der Waals surface area contributed by atoms with Crippen LogP contribution >= 0.6 is 63.7 Å². The van der Waals surface area contributed by atoms with E-state index in [2.05, 4.69) is 70.3 Å². The van der Waals surface area contributed by atoms with Gasteiger partial charge in [-0.1, -0.05) is 98.2 Å². The van der Waals surface area contributed by atoms with E-state index >= 15 is 0 Å². The van der Waals surface area contributed by atoms with Gasteiger partial charge in [0.1, 0.15) is 22.4 Å². The van der Waals surface area contributed by atoms with Crippen molar-refractivity contribution in [2.75, 3.05) is 26.4 Å². The summed E-state index contributed by atoms with van der Waals surface area (Å²) in [6.07, 6.45) is 1.83. The second-order valence-electron chi connectivity index (χ2n) is 7.20. The average molecular weight is 758 g/mol. The van der Waals surface area contributed by atoms with Gasteiger partial charge in [0.2, 0.25) is 4.69 Å². The average Bonchev–Trinajstić information content (AvgIpc) is 2.76. The van der Waals surface area contributed by atoms with E-state index in [-0.39, 0.29) is 55.3 Å². The first-order valence-corrected chi connectivity index (χ1v) is 13.3. The first-order valence-electron chi connectivity index (χ1n) is 9.99. The monoisotopic (exact) mass is 754 g/mol. The quantitative estimate of drug-likeness (QED) is 0.144. The number of benzene rings is 1. The predicted octanol–water partition coefficient (Wildman–Crippen LogP) is 6.05. The Morgan fingerprint density at radius 1 is 0.971 bits per heavy atom. The second-order valence-corrected chi connectivity index (χ2v) is 13.3. The first-order chi connectivity index (χ1) is 15.5. The highest BCUT2D eigenvalue weighted by Gasteiger charge is 2.25. The molecule has 204 valence electrons. The van der Waals surface area contributed by atoms with Crippen molar-refractivity contribution >= 4 is 86.4 Å². The number of alkyl halides is 3. The van der Waals surface area contributed by atoms with Gasteiger partial charge in [0.15, 0.2) is 0 Å². The van der Waals surface area contributed by atoms with Crippen LogP contribution in [-0.4, -0.2) is 66.7 Å². The fourth-order valence-electron chi connectivity index (χ4n) is 1.15. The molecular weight excluding hydrogens is 720 g/mol. The van der Waals surface area contributed by atoms with Gasteiger partial charge in [-0.3, -0.25) is 14.4 Å². The Balaban J connectivity index is -0.000000203. The molecule has 11 heteroatoms. The second kappa shape index (κ2) is 23.8. The van der Waals surface area contributed by atoms with Gasteiger partial charge < -0.3 is 19.7 Å².